The first kappa shape index (κ1) is 17.5. The molecule has 0 saturated carbocycles. The second kappa shape index (κ2) is 7.70. The minimum absolute atomic E-state index is 0.108. The summed E-state index contributed by atoms with van der Waals surface area (Å²) >= 11 is 5.69. The average molecular weight is 363 g/mol. The zero-order chi connectivity index (χ0) is 17.8. The number of aromatic carboxylic acids is 1. The van der Waals surface area contributed by atoms with Crippen LogP contribution in [0.15, 0.2) is 34.9 Å². The van der Waals surface area contributed by atoms with Gasteiger partial charge in [0.25, 0.3) is 0 Å². The summed E-state index contributed by atoms with van der Waals surface area (Å²) < 4.78 is 5.01. The number of hydrogen-bond acceptors (Lipinski definition) is 4. The van der Waals surface area contributed by atoms with Crippen LogP contribution >= 0.6 is 11.6 Å². The highest BCUT2D eigenvalue weighted by Gasteiger charge is 2.26. The van der Waals surface area contributed by atoms with Crippen molar-refractivity contribution in [2.24, 2.45) is 5.92 Å². The van der Waals surface area contributed by atoms with Gasteiger partial charge in [-0.05, 0) is 36.5 Å². The van der Waals surface area contributed by atoms with E-state index >= 15 is 0 Å². The third-order valence-corrected chi connectivity index (χ3v) is 4.66. The number of carbonyl (C=O) groups excluding carboxylic acids is 1. The predicted octanol–water partition coefficient (Wildman–Crippen LogP) is 3.05. The molecule has 1 aromatic carbocycles. The van der Waals surface area contributed by atoms with Crippen LogP contribution in [0.5, 0.6) is 0 Å². The quantitative estimate of drug-likeness (QED) is 0.853. The second-order valence-corrected chi connectivity index (χ2v) is 6.70. The highest BCUT2D eigenvalue weighted by molar-refractivity contribution is 6.29. The Balaban J connectivity index is 1.47. The highest BCUT2D eigenvalue weighted by atomic mass is 35.5. The number of benzene rings is 1. The SMILES string of the molecule is O=C(O)c1ccc(CC2CCN(C(=O)CCc3cc(Cl)no3)C2)cc1. The molecule has 1 fully saturated rings. The van der Waals surface area contributed by atoms with Gasteiger partial charge in [-0.2, -0.15) is 0 Å². The molecule has 0 bridgehead atoms. The summed E-state index contributed by atoms with van der Waals surface area (Å²) in [5.74, 6) is 0.209. The van der Waals surface area contributed by atoms with E-state index in [-0.39, 0.29) is 5.91 Å². The van der Waals surface area contributed by atoms with E-state index in [9.17, 15) is 9.59 Å². The molecule has 132 valence electrons. The molecule has 0 spiro atoms. The van der Waals surface area contributed by atoms with Crippen molar-refractivity contribution < 1.29 is 19.2 Å². The van der Waals surface area contributed by atoms with Gasteiger partial charge in [0, 0.05) is 32.0 Å². The number of aryl methyl sites for hydroxylation is 1. The lowest BCUT2D eigenvalue weighted by Gasteiger charge is -2.16. The molecule has 1 saturated heterocycles. The number of nitrogens with zero attached hydrogens (tertiary/aromatic N) is 2. The molecular weight excluding hydrogens is 344 g/mol. The Hall–Kier alpha value is -2.34. The van der Waals surface area contributed by atoms with E-state index in [0.717, 1.165) is 31.5 Å². The number of hydrogen-bond donors (Lipinski definition) is 1. The summed E-state index contributed by atoms with van der Waals surface area (Å²) in [6, 6.07) is 8.57. The topological polar surface area (TPSA) is 83.6 Å². The van der Waals surface area contributed by atoms with Crippen molar-refractivity contribution in [3.8, 4) is 0 Å². The summed E-state index contributed by atoms with van der Waals surface area (Å²) in [7, 11) is 0. The number of halogens is 1. The van der Waals surface area contributed by atoms with Gasteiger partial charge in [0.2, 0.25) is 5.91 Å². The van der Waals surface area contributed by atoms with Crippen LogP contribution < -0.4 is 0 Å². The minimum Gasteiger partial charge on any atom is -0.478 e. The molecule has 3 rings (SSSR count). The van der Waals surface area contributed by atoms with Crippen LogP contribution in [-0.2, 0) is 17.6 Å². The second-order valence-electron chi connectivity index (χ2n) is 6.32. The minimum atomic E-state index is -0.919. The van der Waals surface area contributed by atoms with Crippen molar-refractivity contribution in [3.05, 3.63) is 52.4 Å². The molecule has 1 N–H and O–H groups in total. The summed E-state index contributed by atoms with van der Waals surface area (Å²) in [6.07, 6.45) is 2.68. The lowest BCUT2D eigenvalue weighted by molar-refractivity contribution is -0.130. The Morgan fingerprint density at radius 3 is 2.72 bits per heavy atom. The molecule has 1 aliphatic rings. The zero-order valence-corrected chi connectivity index (χ0v) is 14.4. The zero-order valence-electron chi connectivity index (χ0n) is 13.7. The molecule has 1 aliphatic heterocycles. The monoisotopic (exact) mass is 362 g/mol. The van der Waals surface area contributed by atoms with Crippen LogP contribution in [-0.4, -0.2) is 40.1 Å². The molecule has 0 radical (unpaired) electrons. The fourth-order valence-corrected chi connectivity index (χ4v) is 3.29. The molecule has 1 amide bonds. The number of carboxylic acid groups (broad SMARTS) is 1. The van der Waals surface area contributed by atoms with Gasteiger partial charge in [-0.3, -0.25) is 4.79 Å². The van der Waals surface area contributed by atoms with Crippen LogP contribution in [0.25, 0.3) is 0 Å². The first-order valence-electron chi connectivity index (χ1n) is 8.22. The average Bonchev–Trinajstić information content (AvgIpc) is 3.22. The molecule has 1 atom stereocenters. The maximum atomic E-state index is 12.3. The number of aromatic nitrogens is 1. The normalized spacial score (nSPS) is 17.0. The van der Waals surface area contributed by atoms with Crippen LogP contribution in [0.1, 0.15) is 34.5 Å². The van der Waals surface area contributed by atoms with E-state index in [0.29, 0.717) is 35.2 Å². The van der Waals surface area contributed by atoms with Crippen LogP contribution in [0, 0.1) is 5.92 Å². The molecule has 0 aliphatic carbocycles. The number of carbonyl (C=O) groups is 2. The molecule has 1 unspecified atom stereocenters. The molecule has 1 aromatic heterocycles. The smallest absolute Gasteiger partial charge is 0.335 e. The van der Waals surface area contributed by atoms with Gasteiger partial charge in [0.05, 0.1) is 5.56 Å². The molecule has 7 heteroatoms. The van der Waals surface area contributed by atoms with Gasteiger partial charge in [0.15, 0.2) is 5.15 Å². The molecule has 2 heterocycles. The summed E-state index contributed by atoms with van der Waals surface area (Å²) in [5.41, 5.74) is 1.39. The Morgan fingerprint density at radius 2 is 2.08 bits per heavy atom. The number of likely N-dealkylation sites (tertiary alicyclic amines) is 1. The Labute approximate surface area is 150 Å². The fraction of sp³-hybridized carbons (Fsp3) is 0.389. The molecular formula is C18H19ClN2O4. The lowest BCUT2D eigenvalue weighted by atomic mass is 9.98. The van der Waals surface area contributed by atoms with Gasteiger partial charge in [-0.15, -0.1) is 0 Å². The third-order valence-electron chi connectivity index (χ3n) is 4.48. The standard InChI is InChI=1S/C18H19ClN2O4/c19-16-10-15(25-20-16)5-6-17(22)21-8-7-13(11-21)9-12-1-3-14(4-2-12)18(23)24/h1-4,10,13H,5-9,11H2,(H,23,24). The van der Waals surface area contributed by atoms with Gasteiger partial charge >= 0.3 is 5.97 Å². The fourth-order valence-electron chi connectivity index (χ4n) is 3.14. The Morgan fingerprint density at radius 1 is 1.32 bits per heavy atom. The highest BCUT2D eigenvalue weighted by Crippen LogP contribution is 2.22. The first-order chi connectivity index (χ1) is 12.0. The van der Waals surface area contributed by atoms with Crippen LogP contribution in [0.3, 0.4) is 0 Å². The van der Waals surface area contributed by atoms with E-state index in [1.807, 2.05) is 17.0 Å². The van der Waals surface area contributed by atoms with E-state index < -0.39 is 5.97 Å². The van der Waals surface area contributed by atoms with Crippen molar-refractivity contribution in [2.45, 2.75) is 25.7 Å². The van der Waals surface area contributed by atoms with Crippen LogP contribution in [0.2, 0.25) is 5.15 Å². The van der Waals surface area contributed by atoms with E-state index in [1.54, 1.807) is 18.2 Å². The van der Waals surface area contributed by atoms with Crippen LogP contribution in [0.4, 0.5) is 0 Å². The van der Waals surface area contributed by atoms with E-state index in [1.165, 1.54) is 0 Å². The lowest BCUT2D eigenvalue weighted by Crippen LogP contribution is -2.29. The maximum Gasteiger partial charge on any atom is 0.335 e. The van der Waals surface area contributed by atoms with E-state index in [2.05, 4.69) is 5.16 Å². The number of amides is 1. The van der Waals surface area contributed by atoms with Crippen molar-refractivity contribution in [1.82, 2.24) is 10.1 Å². The number of carboxylic acids is 1. The van der Waals surface area contributed by atoms with Crippen molar-refractivity contribution >= 4 is 23.5 Å². The van der Waals surface area contributed by atoms with Gasteiger partial charge in [0.1, 0.15) is 5.76 Å². The van der Waals surface area contributed by atoms with Crippen molar-refractivity contribution in [1.29, 1.82) is 0 Å². The summed E-state index contributed by atoms with van der Waals surface area (Å²) in [5, 5.41) is 12.8. The number of rotatable bonds is 6. The third kappa shape index (κ3) is 4.60. The first-order valence-corrected chi connectivity index (χ1v) is 8.60. The van der Waals surface area contributed by atoms with Gasteiger partial charge < -0.3 is 14.5 Å². The predicted molar refractivity (Wildman–Crippen MR) is 91.6 cm³/mol. The van der Waals surface area contributed by atoms with E-state index in [4.69, 9.17) is 21.2 Å². The summed E-state index contributed by atoms with van der Waals surface area (Å²) in [4.78, 5) is 25.1. The van der Waals surface area contributed by atoms with Crippen molar-refractivity contribution in [3.63, 3.8) is 0 Å². The Bertz CT molecular complexity index is 757. The molecule has 2 aromatic rings. The molecule has 6 nitrogen and oxygen atoms in total. The van der Waals surface area contributed by atoms with Gasteiger partial charge in [-0.1, -0.05) is 28.9 Å². The largest absolute Gasteiger partial charge is 0.478 e. The van der Waals surface area contributed by atoms with Gasteiger partial charge in [-0.25, -0.2) is 4.79 Å². The maximum absolute atomic E-state index is 12.3. The molecule has 25 heavy (non-hydrogen) atoms. The Kier molecular flexibility index (Phi) is 5.38. The summed E-state index contributed by atoms with van der Waals surface area (Å²) in [6.45, 7) is 1.49. The van der Waals surface area contributed by atoms with Crippen molar-refractivity contribution in [2.75, 3.05) is 13.1 Å².